The van der Waals surface area contributed by atoms with Crippen LogP contribution in [0.5, 0.6) is 0 Å². The first-order valence-electron chi connectivity index (χ1n) is 3.83. The molecule has 0 saturated carbocycles. The van der Waals surface area contributed by atoms with Gasteiger partial charge in [-0.15, -0.1) is 0 Å². The zero-order valence-corrected chi connectivity index (χ0v) is 6.18. The predicted molar refractivity (Wildman–Crippen MR) is 37.5 cm³/mol. The third-order valence-corrected chi connectivity index (χ3v) is 1.43. The molecule has 3 heteroatoms. The third kappa shape index (κ3) is 1.99. The topological polar surface area (TPSA) is 18.5 Å². The molecule has 1 unspecified atom stereocenters. The lowest BCUT2D eigenvalue weighted by atomic mass is 9.97. The lowest BCUT2D eigenvalue weighted by molar-refractivity contribution is -0.0142. The fraction of sp³-hybridized carbons (Fsp3) is 1.00. The summed E-state index contributed by atoms with van der Waals surface area (Å²) >= 11 is 0. The Morgan fingerprint density at radius 2 is 2.44 bits per heavy atom. The second kappa shape index (κ2) is 2.31. The van der Waals surface area contributed by atoms with E-state index in [1.807, 2.05) is 20.8 Å². The molecule has 52 valence electrons. The summed E-state index contributed by atoms with van der Waals surface area (Å²) in [6, 6.07) is 0. The van der Waals surface area contributed by atoms with Gasteiger partial charge in [0.2, 0.25) is 0 Å². The van der Waals surface area contributed by atoms with E-state index < -0.39 is 7.65 Å². The maximum atomic E-state index is 7.21. The Balaban J connectivity index is 2.51. The van der Waals surface area contributed by atoms with Gasteiger partial charge in [-0.25, -0.2) is 0 Å². The van der Waals surface area contributed by atoms with E-state index in [4.69, 9.17) is 10.6 Å². The second-order valence-corrected chi connectivity index (χ2v) is 3.12. The van der Waals surface area contributed by atoms with E-state index in [-0.39, 0.29) is 11.7 Å². The summed E-state index contributed by atoms with van der Waals surface area (Å²) in [5.74, 6) is 0. The third-order valence-electron chi connectivity index (χ3n) is 1.43. The largest absolute Gasteiger partial charge is 0.438 e. The average molecular weight is 129 g/mol. The number of rotatable bonds is 0. The SMILES string of the molecule is [2H]B1OC(C)CC(C)(C)O1. The molecule has 0 aromatic carbocycles. The van der Waals surface area contributed by atoms with E-state index >= 15 is 0 Å². The molecule has 1 fully saturated rings. The normalized spacial score (nSPS) is 36.1. The van der Waals surface area contributed by atoms with E-state index in [2.05, 4.69) is 0 Å². The minimum absolute atomic E-state index is 0.145. The summed E-state index contributed by atoms with van der Waals surface area (Å²) in [5, 5.41) is 0. The molecule has 9 heavy (non-hydrogen) atoms. The molecule has 1 heterocycles. The summed E-state index contributed by atoms with van der Waals surface area (Å²) in [4.78, 5) is 0. The molecule has 0 amide bonds. The summed E-state index contributed by atoms with van der Waals surface area (Å²) in [7, 11) is -0.793. The first-order chi connectivity index (χ1) is 4.49. The summed E-state index contributed by atoms with van der Waals surface area (Å²) in [6.07, 6.45) is 1.01. The fourth-order valence-electron chi connectivity index (χ4n) is 1.04. The Bertz CT molecular complexity index is 117. The molecular formula is C6H13BO2. The maximum Gasteiger partial charge on any atom is 0.438 e. The lowest BCUT2D eigenvalue weighted by Gasteiger charge is -2.33. The quantitative estimate of drug-likeness (QED) is 0.451. The van der Waals surface area contributed by atoms with Crippen molar-refractivity contribution in [3.63, 3.8) is 0 Å². The van der Waals surface area contributed by atoms with Crippen LogP contribution in [0.3, 0.4) is 0 Å². The van der Waals surface area contributed by atoms with Crippen LogP contribution in [-0.2, 0) is 9.31 Å². The van der Waals surface area contributed by atoms with Crippen LogP contribution >= 0.6 is 0 Å². The molecule has 1 rings (SSSR count). The van der Waals surface area contributed by atoms with E-state index in [1.54, 1.807) is 0 Å². The van der Waals surface area contributed by atoms with Crippen molar-refractivity contribution in [2.45, 2.75) is 38.9 Å². The van der Waals surface area contributed by atoms with E-state index in [1.165, 1.54) is 0 Å². The molecule has 1 aliphatic rings. The smallest absolute Gasteiger partial charge is 0.411 e. The molecule has 0 aromatic heterocycles. The minimum Gasteiger partial charge on any atom is -0.411 e. The molecule has 0 radical (unpaired) electrons. The highest BCUT2D eigenvalue weighted by Gasteiger charge is 2.27. The van der Waals surface area contributed by atoms with Crippen molar-refractivity contribution < 1.29 is 9.31 Å². The first kappa shape index (κ1) is 5.75. The molecule has 1 atom stereocenters. The number of hydrogen-bond donors (Lipinski definition) is 0. The van der Waals surface area contributed by atoms with Crippen LogP contribution in [0.4, 0.5) is 0 Å². The van der Waals surface area contributed by atoms with Gasteiger partial charge in [-0.1, -0.05) is 0 Å². The molecule has 0 aromatic rings. The van der Waals surface area contributed by atoms with Gasteiger partial charge in [0.1, 0.15) is 0 Å². The van der Waals surface area contributed by atoms with Gasteiger partial charge in [-0.2, -0.15) is 0 Å². The Kier molecular flexibility index (Phi) is 1.48. The Morgan fingerprint density at radius 3 is 2.89 bits per heavy atom. The summed E-state index contributed by atoms with van der Waals surface area (Å²) < 4.78 is 17.5. The molecule has 2 nitrogen and oxygen atoms in total. The van der Waals surface area contributed by atoms with Gasteiger partial charge in [-0.3, -0.25) is 0 Å². The van der Waals surface area contributed by atoms with E-state index in [0.29, 0.717) is 0 Å². The van der Waals surface area contributed by atoms with Gasteiger partial charge in [0.15, 0.2) is 0 Å². The van der Waals surface area contributed by atoms with Crippen LogP contribution in [0, 0.1) is 0 Å². The van der Waals surface area contributed by atoms with E-state index in [0.717, 1.165) is 6.42 Å². The van der Waals surface area contributed by atoms with Gasteiger partial charge in [0, 0.05) is 6.10 Å². The standard InChI is InChI=1S/C6H13BO2/c1-5-4-6(2,3)9-7-8-5/h5,7H,4H2,1-3H3/i7D. The Morgan fingerprint density at radius 1 is 1.78 bits per heavy atom. The highest BCUT2D eigenvalue weighted by Crippen LogP contribution is 2.21. The van der Waals surface area contributed by atoms with Gasteiger partial charge < -0.3 is 9.31 Å². The molecular weight excluding hydrogens is 115 g/mol. The van der Waals surface area contributed by atoms with Gasteiger partial charge in [0.05, 0.1) is 6.94 Å². The van der Waals surface area contributed by atoms with Crippen molar-refractivity contribution in [1.29, 1.82) is 1.34 Å². The van der Waals surface area contributed by atoms with Crippen LogP contribution in [-0.4, -0.2) is 20.7 Å². The zero-order chi connectivity index (χ0) is 7.78. The van der Waals surface area contributed by atoms with Crippen molar-refractivity contribution in [2.75, 3.05) is 0 Å². The maximum absolute atomic E-state index is 7.21. The highest BCUT2D eigenvalue weighted by atomic mass is 16.6. The summed E-state index contributed by atoms with van der Waals surface area (Å²) in [6.45, 7) is 5.92. The first-order valence-corrected chi connectivity index (χ1v) is 3.25. The molecule has 1 aliphatic heterocycles. The van der Waals surface area contributed by atoms with Crippen LogP contribution in [0.2, 0.25) is 0 Å². The molecule has 0 spiro atoms. The van der Waals surface area contributed by atoms with E-state index in [9.17, 15) is 0 Å². The van der Waals surface area contributed by atoms with Gasteiger partial charge >= 0.3 is 7.65 Å². The summed E-state index contributed by atoms with van der Waals surface area (Å²) in [5.41, 5.74) is -0.190. The average Bonchev–Trinajstić information content (AvgIpc) is 1.54. The van der Waals surface area contributed by atoms with Gasteiger partial charge in [-0.05, 0) is 27.2 Å². The van der Waals surface area contributed by atoms with Crippen molar-refractivity contribution in [1.82, 2.24) is 0 Å². The zero-order valence-electron chi connectivity index (χ0n) is 7.18. The van der Waals surface area contributed by atoms with Crippen molar-refractivity contribution in [3.8, 4) is 0 Å². The lowest BCUT2D eigenvalue weighted by Crippen LogP contribution is -2.38. The Hall–Kier alpha value is -0.0151. The van der Waals surface area contributed by atoms with Crippen LogP contribution in [0.15, 0.2) is 0 Å². The highest BCUT2D eigenvalue weighted by molar-refractivity contribution is 6.18. The van der Waals surface area contributed by atoms with Crippen LogP contribution in [0.1, 0.15) is 27.2 Å². The second-order valence-electron chi connectivity index (χ2n) is 3.12. The minimum atomic E-state index is -0.793. The van der Waals surface area contributed by atoms with Crippen LogP contribution in [0.25, 0.3) is 0 Å². The number of hydrogen-bond acceptors (Lipinski definition) is 2. The van der Waals surface area contributed by atoms with Crippen LogP contribution < -0.4 is 0 Å². The van der Waals surface area contributed by atoms with Crippen molar-refractivity contribution in [3.05, 3.63) is 0 Å². The monoisotopic (exact) mass is 129 g/mol. The Labute approximate surface area is 58.2 Å². The fourth-order valence-corrected chi connectivity index (χ4v) is 1.04. The van der Waals surface area contributed by atoms with Gasteiger partial charge in [0.25, 0.3) is 0 Å². The molecule has 0 N–H and O–H groups in total. The molecule has 1 saturated heterocycles. The van der Waals surface area contributed by atoms with Crippen molar-refractivity contribution in [2.24, 2.45) is 0 Å². The molecule has 0 aliphatic carbocycles. The van der Waals surface area contributed by atoms with Crippen molar-refractivity contribution >= 4 is 7.65 Å². The molecule has 0 bridgehead atoms. The predicted octanol–water partition coefficient (Wildman–Crippen LogP) is 0.857.